The third-order valence-corrected chi connectivity index (χ3v) is 2.91. The maximum Gasteiger partial charge on any atom is 0.223 e. The fraction of sp³-hybridized carbons (Fsp3) is 0.909. The largest absolute Gasteiger partial charge is 0.385 e. The molecule has 0 aliphatic heterocycles. The van der Waals surface area contributed by atoms with Crippen LogP contribution in [0.5, 0.6) is 0 Å². The van der Waals surface area contributed by atoms with E-state index in [1.807, 2.05) is 0 Å². The van der Waals surface area contributed by atoms with Crippen molar-refractivity contribution in [3.8, 4) is 0 Å². The van der Waals surface area contributed by atoms with Gasteiger partial charge in [-0.05, 0) is 25.7 Å². The second-order valence-corrected chi connectivity index (χ2v) is 4.26. The lowest BCUT2D eigenvalue weighted by Crippen LogP contribution is -2.38. The van der Waals surface area contributed by atoms with E-state index in [0.29, 0.717) is 13.2 Å². The van der Waals surface area contributed by atoms with E-state index >= 15 is 0 Å². The summed E-state index contributed by atoms with van der Waals surface area (Å²) in [5.41, 5.74) is 5.84. The lowest BCUT2D eigenvalue weighted by atomic mass is 9.85. The molecule has 2 unspecified atom stereocenters. The summed E-state index contributed by atoms with van der Waals surface area (Å²) in [4.78, 5) is 11.7. The number of nitrogens with two attached hydrogens (primary N) is 1. The molecule has 1 aliphatic carbocycles. The summed E-state index contributed by atoms with van der Waals surface area (Å²) in [5, 5.41) is 2.93. The smallest absolute Gasteiger partial charge is 0.223 e. The lowest BCUT2D eigenvalue weighted by Gasteiger charge is -2.25. The Morgan fingerprint density at radius 3 is 2.88 bits per heavy atom. The van der Waals surface area contributed by atoms with E-state index in [0.717, 1.165) is 32.1 Å². The van der Waals surface area contributed by atoms with E-state index in [9.17, 15) is 4.79 Å². The first-order valence-electron chi connectivity index (χ1n) is 5.76. The Morgan fingerprint density at radius 1 is 1.50 bits per heavy atom. The van der Waals surface area contributed by atoms with Crippen molar-refractivity contribution in [2.24, 2.45) is 11.7 Å². The van der Waals surface area contributed by atoms with E-state index in [2.05, 4.69) is 5.32 Å². The Bertz CT molecular complexity index is 202. The van der Waals surface area contributed by atoms with Crippen LogP contribution in [0.3, 0.4) is 0 Å². The molecule has 1 rings (SSSR count). The van der Waals surface area contributed by atoms with Gasteiger partial charge in [-0.1, -0.05) is 6.42 Å². The average Bonchev–Trinajstić information content (AvgIpc) is 2.24. The molecule has 0 bridgehead atoms. The number of amides is 1. The van der Waals surface area contributed by atoms with Crippen LogP contribution in [0.4, 0.5) is 0 Å². The maximum absolute atomic E-state index is 11.7. The number of rotatable bonds is 5. The van der Waals surface area contributed by atoms with Gasteiger partial charge in [-0.15, -0.1) is 12.4 Å². The van der Waals surface area contributed by atoms with E-state index in [1.165, 1.54) is 0 Å². The number of carbonyl (C=O) groups excluding carboxylic acids is 1. The number of methoxy groups -OCH3 is 1. The average molecular weight is 251 g/mol. The Balaban J connectivity index is 0.00000225. The van der Waals surface area contributed by atoms with Gasteiger partial charge < -0.3 is 15.8 Å². The molecular weight excluding hydrogens is 228 g/mol. The highest BCUT2D eigenvalue weighted by atomic mass is 35.5. The first kappa shape index (κ1) is 15.7. The molecule has 0 aromatic carbocycles. The molecule has 96 valence electrons. The van der Waals surface area contributed by atoms with Crippen molar-refractivity contribution < 1.29 is 9.53 Å². The van der Waals surface area contributed by atoms with Gasteiger partial charge >= 0.3 is 0 Å². The Kier molecular flexibility index (Phi) is 8.61. The van der Waals surface area contributed by atoms with Crippen molar-refractivity contribution >= 4 is 18.3 Å². The van der Waals surface area contributed by atoms with Crippen molar-refractivity contribution in [3.63, 3.8) is 0 Å². The monoisotopic (exact) mass is 250 g/mol. The minimum absolute atomic E-state index is 0. The molecule has 0 saturated heterocycles. The van der Waals surface area contributed by atoms with Gasteiger partial charge in [-0.2, -0.15) is 0 Å². The van der Waals surface area contributed by atoms with Crippen LogP contribution >= 0.6 is 12.4 Å². The van der Waals surface area contributed by atoms with Crippen molar-refractivity contribution in [3.05, 3.63) is 0 Å². The molecule has 1 aliphatic rings. The molecule has 0 radical (unpaired) electrons. The zero-order chi connectivity index (χ0) is 11.1. The first-order chi connectivity index (χ1) is 7.24. The second-order valence-electron chi connectivity index (χ2n) is 4.26. The van der Waals surface area contributed by atoms with Crippen LogP contribution in [0.2, 0.25) is 0 Å². The van der Waals surface area contributed by atoms with Crippen molar-refractivity contribution in [2.75, 3.05) is 20.3 Å². The van der Waals surface area contributed by atoms with Crippen molar-refractivity contribution in [2.45, 2.75) is 38.1 Å². The summed E-state index contributed by atoms with van der Waals surface area (Å²) in [6.45, 7) is 1.41. The summed E-state index contributed by atoms with van der Waals surface area (Å²) in [6.07, 6.45) is 4.85. The topological polar surface area (TPSA) is 64.3 Å². The van der Waals surface area contributed by atoms with Gasteiger partial charge in [0.1, 0.15) is 0 Å². The minimum atomic E-state index is 0. The van der Waals surface area contributed by atoms with Crippen LogP contribution in [0, 0.1) is 5.92 Å². The fourth-order valence-corrected chi connectivity index (χ4v) is 2.04. The molecule has 0 aromatic rings. The highest BCUT2D eigenvalue weighted by Gasteiger charge is 2.24. The van der Waals surface area contributed by atoms with Gasteiger partial charge in [0.05, 0.1) is 0 Å². The van der Waals surface area contributed by atoms with Gasteiger partial charge in [-0.25, -0.2) is 0 Å². The van der Waals surface area contributed by atoms with Crippen LogP contribution in [0.1, 0.15) is 32.1 Å². The Labute approximate surface area is 104 Å². The standard InChI is InChI=1S/C11H22N2O2.ClH/c1-15-7-3-6-13-11(14)9-4-2-5-10(12)8-9;/h9-10H,2-8,12H2,1H3,(H,13,14);1H. The zero-order valence-electron chi connectivity index (χ0n) is 9.91. The van der Waals surface area contributed by atoms with Crippen LogP contribution in [-0.2, 0) is 9.53 Å². The van der Waals surface area contributed by atoms with Gasteiger partial charge in [-0.3, -0.25) is 4.79 Å². The molecule has 16 heavy (non-hydrogen) atoms. The quantitative estimate of drug-likeness (QED) is 0.718. The number of nitrogens with one attached hydrogen (secondary N) is 1. The van der Waals surface area contributed by atoms with Crippen LogP contribution in [0.15, 0.2) is 0 Å². The zero-order valence-corrected chi connectivity index (χ0v) is 10.7. The predicted molar refractivity (Wildman–Crippen MR) is 66.7 cm³/mol. The van der Waals surface area contributed by atoms with E-state index in [1.54, 1.807) is 7.11 Å². The summed E-state index contributed by atoms with van der Waals surface area (Å²) in [6, 6.07) is 0.216. The Hall–Kier alpha value is -0.320. The van der Waals surface area contributed by atoms with E-state index in [4.69, 9.17) is 10.5 Å². The summed E-state index contributed by atoms with van der Waals surface area (Å²) in [5.74, 6) is 0.303. The predicted octanol–water partition coefficient (Wildman–Crippen LogP) is 1.08. The van der Waals surface area contributed by atoms with Crippen LogP contribution in [0.25, 0.3) is 0 Å². The van der Waals surface area contributed by atoms with E-state index in [-0.39, 0.29) is 30.3 Å². The minimum Gasteiger partial charge on any atom is -0.385 e. The number of halogens is 1. The lowest BCUT2D eigenvalue weighted by molar-refractivity contribution is -0.126. The molecule has 2 atom stereocenters. The van der Waals surface area contributed by atoms with Gasteiger partial charge in [0.25, 0.3) is 0 Å². The number of ether oxygens (including phenoxy) is 1. The molecule has 0 spiro atoms. The fourth-order valence-electron chi connectivity index (χ4n) is 2.04. The molecule has 1 amide bonds. The van der Waals surface area contributed by atoms with Crippen LogP contribution < -0.4 is 11.1 Å². The van der Waals surface area contributed by atoms with Crippen LogP contribution in [-0.4, -0.2) is 32.2 Å². The molecule has 3 N–H and O–H groups in total. The third kappa shape index (κ3) is 5.68. The first-order valence-corrected chi connectivity index (χ1v) is 5.76. The third-order valence-electron chi connectivity index (χ3n) is 2.91. The second kappa shape index (κ2) is 8.79. The number of carbonyl (C=O) groups is 1. The van der Waals surface area contributed by atoms with Crippen molar-refractivity contribution in [1.29, 1.82) is 0 Å². The van der Waals surface area contributed by atoms with Crippen molar-refractivity contribution in [1.82, 2.24) is 5.32 Å². The highest BCUT2D eigenvalue weighted by Crippen LogP contribution is 2.22. The summed E-state index contributed by atoms with van der Waals surface area (Å²) >= 11 is 0. The molecular formula is C11H23ClN2O2. The molecule has 1 saturated carbocycles. The van der Waals surface area contributed by atoms with Gasteiger partial charge in [0.2, 0.25) is 5.91 Å². The molecule has 1 fully saturated rings. The molecule has 0 heterocycles. The summed E-state index contributed by atoms with van der Waals surface area (Å²) in [7, 11) is 1.67. The van der Waals surface area contributed by atoms with E-state index < -0.39 is 0 Å². The highest BCUT2D eigenvalue weighted by molar-refractivity contribution is 5.85. The normalized spacial score (nSPS) is 24.6. The Morgan fingerprint density at radius 2 is 2.25 bits per heavy atom. The molecule has 4 nitrogen and oxygen atoms in total. The number of hydrogen-bond acceptors (Lipinski definition) is 3. The number of hydrogen-bond donors (Lipinski definition) is 2. The van der Waals surface area contributed by atoms with Gasteiger partial charge in [0, 0.05) is 32.2 Å². The summed E-state index contributed by atoms with van der Waals surface area (Å²) < 4.78 is 4.91. The maximum atomic E-state index is 11.7. The SMILES string of the molecule is COCCCNC(=O)C1CCCC(N)C1.Cl. The van der Waals surface area contributed by atoms with Gasteiger partial charge in [0.15, 0.2) is 0 Å². The molecule has 5 heteroatoms. The molecule has 0 aromatic heterocycles.